The molecule has 2 N–H and O–H groups in total. The van der Waals surface area contributed by atoms with Crippen LogP contribution in [0, 0.1) is 11.8 Å². The average molecular weight is 470 g/mol. The molecule has 1 saturated carbocycles. The molecule has 0 bridgehead atoms. The summed E-state index contributed by atoms with van der Waals surface area (Å²) in [5, 5.41) is 12.6. The summed E-state index contributed by atoms with van der Waals surface area (Å²) in [6.07, 6.45) is 1.56. The first-order valence-corrected chi connectivity index (χ1v) is 12.3. The number of nitrogens with zero attached hydrogens (tertiary/aromatic N) is 2. The van der Waals surface area contributed by atoms with Gasteiger partial charge < -0.3 is 10.4 Å². The van der Waals surface area contributed by atoms with E-state index in [-0.39, 0.29) is 35.2 Å². The molecule has 1 aliphatic heterocycles. The number of anilines is 1. The number of carbonyl (C=O) groups excluding carboxylic acids is 1. The van der Waals surface area contributed by atoms with Gasteiger partial charge in [0, 0.05) is 24.8 Å². The van der Waals surface area contributed by atoms with Crippen LogP contribution < -0.4 is 10.2 Å². The monoisotopic (exact) mass is 469 g/mol. The highest BCUT2D eigenvalue weighted by Crippen LogP contribution is 2.40. The predicted molar refractivity (Wildman–Crippen MR) is 124 cm³/mol. The van der Waals surface area contributed by atoms with Crippen molar-refractivity contribution >= 4 is 27.7 Å². The number of amides is 2. The minimum absolute atomic E-state index is 0.0424. The number of carboxylic acid groups (broad SMARTS) is 1. The first kappa shape index (κ1) is 23.0. The summed E-state index contributed by atoms with van der Waals surface area (Å²) >= 11 is 0. The van der Waals surface area contributed by atoms with E-state index in [9.17, 15) is 23.1 Å². The fraction of sp³-hybridized carbons (Fsp3) is 0.333. The Morgan fingerprint density at radius 1 is 1.09 bits per heavy atom. The lowest BCUT2D eigenvalue weighted by Crippen LogP contribution is -2.35. The zero-order chi connectivity index (χ0) is 23.6. The Bertz CT molecular complexity index is 1140. The van der Waals surface area contributed by atoms with E-state index in [1.807, 2.05) is 30.3 Å². The molecule has 0 aromatic heterocycles. The summed E-state index contributed by atoms with van der Waals surface area (Å²) in [5.74, 6) is 0.165. The molecule has 2 aromatic carbocycles. The van der Waals surface area contributed by atoms with Gasteiger partial charge in [0.05, 0.1) is 11.4 Å². The smallest absolute Gasteiger partial charge is 0.412 e. The fourth-order valence-corrected chi connectivity index (χ4v) is 6.42. The van der Waals surface area contributed by atoms with Gasteiger partial charge in [0.15, 0.2) is 0 Å². The van der Waals surface area contributed by atoms with E-state index in [0.717, 1.165) is 23.3 Å². The van der Waals surface area contributed by atoms with E-state index in [1.54, 1.807) is 12.1 Å². The van der Waals surface area contributed by atoms with Crippen LogP contribution in [0.1, 0.15) is 18.4 Å². The second kappa shape index (κ2) is 9.36. The Kier molecular flexibility index (Phi) is 6.53. The molecule has 2 amide bonds. The maximum absolute atomic E-state index is 13.4. The largest absolute Gasteiger partial charge is 0.465 e. The van der Waals surface area contributed by atoms with Crippen LogP contribution >= 0.6 is 0 Å². The average Bonchev–Trinajstić information content (AvgIpc) is 3.37. The zero-order valence-corrected chi connectivity index (χ0v) is 18.9. The number of carbonyl (C=O) groups is 2. The third-order valence-corrected chi connectivity index (χ3v) is 8.26. The molecule has 2 aliphatic rings. The van der Waals surface area contributed by atoms with Gasteiger partial charge in [0.2, 0.25) is 15.9 Å². The molecule has 0 radical (unpaired) electrons. The van der Waals surface area contributed by atoms with Crippen molar-refractivity contribution in [3.05, 3.63) is 72.8 Å². The van der Waals surface area contributed by atoms with E-state index in [1.165, 1.54) is 22.5 Å². The molecule has 4 rings (SSSR count). The van der Waals surface area contributed by atoms with Crippen molar-refractivity contribution in [1.82, 2.24) is 9.62 Å². The van der Waals surface area contributed by atoms with Crippen LogP contribution in [0.25, 0.3) is 0 Å². The van der Waals surface area contributed by atoms with Gasteiger partial charge in [-0.2, -0.15) is 4.31 Å². The van der Waals surface area contributed by atoms with Gasteiger partial charge in [0.1, 0.15) is 0 Å². The molecule has 1 aliphatic carbocycles. The lowest BCUT2D eigenvalue weighted by Gasteiger charge is -2.22. The van der Waals surface area contributed by atoms with Gasteiger partial charge in [-0.3, -0.25) is 9.69 Å². The molecule has 2 aromatic rings. The zero-order valence-electron chi connectivity index (χ0n) is 18.1. The molecule has 2 fully saturated rings. The van der Waals surface area contributed by atoms with Gasteiger partial charge in [-0.05, 0) is 54.5 Å². The van der Waals surface area contributed by atoms with Crippen molar-refractivity contribution in [2.45, 2.75) is 30.3 Å². The summed E-state index contributed by atoms with van der Waals surface area (Å²) in [4.78, 5) is 24.7. The normalized spacial score (nSPS) is 22.5. The van der Waals surface area contributed by atoms with Gasteiger partial charge in [-0.1, -0.05) is 43.0 Å². The highest BCUT2D eigenvalue weighted by atomic mass is 32.2. The molecule has 9 heteroatoms. The van der Waals surface area contributed by atoms with Crippen molar-refractivity contribution in [1.29, 1.82) is 0 Å². The summed E-state index contributed by atoms with van der Waals surface area (Å²) < 4.78 is 28.2. The fourth-order valence-electron chi connectivity index (χ4n) is 4.83. The molecule has 1 heterocycles. The molecular weight excluding hydrogens is 442 g/mol. The molecule has 0 spiro atoms. The quantitative estimate of drug-likeness (QED) is 0.606. The van der Waals surface area contributed by atoms with Crippen LogP contribution in [0.5, 0.6) is 0 Å². The van der Waals surface area contributed by atoms with Crippen molar-refractivity contribution < 1.29 is 23.1 Å². The Hall–Kier alpha value is -3.17. The van der Waals surface area contributed by atoms with E-state index in [0.29, 0.717) is 18.8 Å². The van der Waals surface area contributed by atoms with Gasteiger partial charge in [-0.25, -0.2) is 13.2 Å². The number of nitrogens with one attached hydrogen (secondary N) is 1. The second-order valence-electron chi connectivity index (χ2n) is 8.57. The van der Waals surface area contributed by atoms with Crippen molar-refractivity contribution in [2.24, 2.45) is 11.8 Å². The number of benzene rings is 2. The number of hydrogen-bond acceptors (Lipinski definition) is 4. The minimum Gasteiger partial charge on any atom is -0.465 e. The number of fused-ring (bicyclic) bond motifs is 1. The van der Waals surface area contributed by atoms with Gasteiger partial charge >= 0.3 is 6.09 Å². The van der Waals surface area contributed by atoms with Crippen LogP contribution in [0.2, 0.25) is 0 Å². The van der Waals surface area contributed by atoms with Crippen molar-refractivity contribution in [2.75, 3.05) is 18.0 Å². The maximum atomic E-state index is 13.4. The lowest BCUT2D eigenvalue weighted by atomic mass is 10.0. The molecule has 8 nitrogen and oxygen atoms in total. The lowest BCUT2D eigenvalue weighted by molar-refractivity contribution is -0.117. The summed E-state index contributed by atoms with van der Waals surface area (Å²) in [7, 11) is -3.77. The topological polar surface area (TPSA) is 107 Å². The Morgan fingerprint density at radius 2 is 1.76 bits per heavy atom. The van der Waals surface area contributed by atoms with Crippen LogP contribution in [0.15, 0.2) is 72.1 Å². The first-order valence-electron chi connectivity index (χ1n) is 10.9. The SMILES string of the molecule is C=CC(=O)NC1CC2CN(S(=O)(=O)c3cccc(N(Cc4ccccc4)C(=O)O)c3)CC2C1. The standard InChI is InChI=1S/C24H27N3O5S/c1-2-23(28)25-20-11-18-15-26(16-19(18)12-20)33(31,32)22-10-6-9-21(13-22)27(24(29)30)14-17-7-4-3-5-8-17/h2-10,13,18-20H,1,11-12,14-16H2,(H,25,28)(H,29,30). The van der Waals surface area contributed by atoms with Crippen LogP contribution in [-0.2, 0) is 21.4 Å². The summed E-state index contributed by atoms with van der Waals surface area (Å²) in [6.45, 7) is 4.37. The number of hydrogen-bond donors (Lipinski definition) is 2. The van der Waals surface area contributed by atoms with Gasteiger partial charge in [0.25, 0.3) is 0 Å². The minimum atomic E-state index is -3.77. The molecule has 2 unspecified atom stereocenters. The molecule has 2 atom stereocenters. The Balaban J connectivity index is 1.49. The summed E-state index contributed by atoms with van der Waals surface area (Å²) in [5.41, 5.74) is 1.11. The molecule has 33 heavy (non-hydrogen) atoms. The molecular formula is C24H27N3O5S. The van der Waals surface area contributed by atoms with E-state index in [4.69, 9.17) is 0 Å². The van der Waals surface area contributed by atoms with Crippen molar-refractivity contribution in [3.63, 3.8) is 0 Å². The van der Waals surface area contributed by atoms with E-state index in [2.05, 4.69) is 11.9 Å². The first-order chi connectivity index (χ1) is 15.8. The molecule has 1 saturated heterocycles. The number of rotatable bonds is 7. The Labute approximate surface area is 193 Å². The number of sulfonamides is 1. The highest BCUT2D eigenvalue weighted by molar-refractivity contribution is 7.89. The maximum Gasteiger partial charge on any atom is 0.412 e. The highest BCUT2D eigenvalue weighted by Gasteiger charge is 2.45. The van der Waals surface area contributed by atoms with Crippen molar-refractivity contribution in [3.8, 4) is 0 Å². The van der Waals surface area contributed by atoms with Crippen LogP contribution in [0.3, 0.4) is 0 Å². The van der Waals surface area contributed by atoms with Gasteiger partial charge in [-0.15, -0.1) is 0 Å². The van der Waals surface area contributed by atoms with Crippen LogP contribution in [-0.4, -0.2) is 49.0 Å². The predicted octanol–water partition coefficient (Wildman–Crippen LogP) is 3.07. The van der Waals surface area contributed by atoms with E-state index < -0.39 is 16.1 Å². The molecule has 174 valence electrons. The third-order valence-electron chi connectivity index (χ3n) is 6.43. The third kappa shape index (κ3) is 4.94. The van der Waals surface area contributed by atoms with E-state index >= 15 is 0 Å². The summed E-state index contributed by atoms with van der Waals surface area (Å²) in [6, 6.07) is 15.3. The Morgan fingerprint density at radius 3 is 2.36 bits per heavy atom. The van der Waals surface area contributed by atoms with Crippen LogP contribution in [0.4, 0.5) is 10.5 Å². The second-order valence-corrected chi connectivity index (χ2v) is 10.5.